The highest BCUT2D eigenvalue weighted by Crippen LogP contribution is 2.25. The maximum atomic E-state index is 9.02. The first-order chi connectivity index (χ1) is 7.79. The van der Waals surface area contributed by atoms with Gasteiger partial charge in [-0.1, -0.05) is 15.9 Å². The van der Waals surface area contributed by atoms with E-state index in [0.29, 0.717) is 5.56 Å². The molecule has 0 aliphatic carbocycles. The number of halogens is 1. The standard InChI is InChI=1S/C12H13BrN2S/c13-11-1-2-12(10(5-11)6-14)15-7-9-3-4-16-8-9/h1-2,5,9,15H,3-4,7-8H2. The van der Waals surface area contributed by atoms with Gasteiger partial charge < -0.3 is 5.32 Å². The van der Waals surface area contributed by atoms with Gasteiger partial charge >= 0.3 is 0 Å². The van der Waals surface area contributed by atoms with Gasteiger partial charge in [0.15, 0.2) is 0 Å². The van der Waals surface area contributed by atoms with Crippen molar-refractivity contribution < 1.29 is 0 Å². The third kappa shape index (κ3) is 2.93. The first kappa shape index (κ1) is 11.8. The van der Waals surface area contributed by atoms with Crippen LogP contribution in [0.15, 0.2) is 22.7 Å². The van der Waals surface area contributed by atoms with Crippen molar-refractivity contribution in [2.24, 2.45) is 5.92 Å². The zero-order valence-electron chi connectivity index (χ0n) is 8.87. The molecule has 1 aromatic rings. The van der Waals surface area contributed by atoms with E-state index in [1.807, 2.05) is 30.0 Å². The second-order valence-corrected chi connectivity index (χ2v) is 5.98. The Kier molecular flexibility index (Phi) is 4.14. The van der Waals surface area contributed by atoms with E-state index in [0.717, 1.165) is 22.6 Å². The minimum atomic E-state index is 0.708. The molecule has 1 aliphatic heterocycles. The molecule has 1 aliphatic rings. The number of nitriles is 1. The number of hydrogen-bond acceptors (Lipinski definition) is 3. The van der Waals surface area contributed by atoms with Crippen LogP contribution in [0.3, 0.4) is 0 Å². The van der Waals surface area contributed by atoms with Gasteiger partial charge in [-0.3, -0.25) is 0 Å². The quantitative estimate of drug-likeness (QED) is 0.927. The van der Waals surface area contributed by atoms with E-state index in [2.05, 4.69) is 27.3 Å². The number of thioether (sulfide) groups is 1. The number of benzene rings is 1. The van der Waals surface area contributed by atoms with Crippen molar-refractivity contribution in [1.82, 2.24) is 0 Å². The lowest BCUT2D eigenvalue weighted by molar-refractivity contribution is 0.632. The normalized spacial score (nSPS) is 19.4. The van der Waals surface area contributed by atoms with E-state index in [9.17, 15) is 0 Å². The summed E-state index contributed by atoms with van der Waals surface area (Å²) in [5.41, 5.74) is 1.66. The third-order valence-electron chi connectivity index (χ3n) is 2.71. The first-order valence-electron chi connectivity index (χ1n) is 5.31. The van der Waals surface area contributed by atoms with Gasteiger partial charge in [0.05, 0.1) is 11.3 Å². The molecule has 84 valence electrons. The molecular weight excluding hydrogens is 284 g/mol. The van der Waals surface area contributed by atoms with Crippen LogP contribution >= 0.6 is 27.7 Å². The van der Waals surface area contributed by atoms with Gasteiger partial charge in [0.2, 0.25) is 0 Å². The highest BCUT2D eigenvalue weighted by Gasteiger charge is 2.15. The largest absolute Gasteiger partial charge is 0.384 e. The number of anilines is 1. The number of nitrogens with zero attached hydrogens (tertiary/aromatic N) is 1. The van der Waals surface area contributed by atoms with E-state index in [1.165, 1.54) is 17.9 Å². The lowest BCUT2D eigenvalue weighted by Crippen LogP contribution is -2.14. The van der Waals surface area contributed by atoms with Crippen molar-refractivity contribution >= 4 is 33.4 Å². The van der Waals surface area contributed by atoms with Crippen LogP contribution in [0.2, 0.25) is 0 Å². The molecule has 0 amide bonds. The Balaban J connectivity index is 2.00. The molecule has 1 atom stereocenters. The van der Waals surface area contributed by atoms with Gasteiger partial charge in [0.1, 0.15) is 6.07 Å². The molecule has 0 bridgehead atoms. The minimum Gasteiger partial charge on any atom is -0.384 e. The van der Waals surface area contributed by atoms with E-state index < -0.39 is 0 Å². The molecule has 0 radical (unpaired) electrons. The molecule has 2 nitrogen and oxygen atoms in total. The fourth-order valence-electron chi connectivity index (χ4n) is 1.76. The zero-order chi connectivity index (χ0) is 11.4. The van der Waals surface area contributed by atoms with Gasteiger partial charge in [0.25, 0.3) is 0 Å². The molecule has 0 aromatic heterocycles. The van der Waals surface area contributed by atoms with E-state index in [4.69, 9.17) is 5.26 Å². The molecule has 1 unspecified atom stereocenters. The smallest absolute Gasteiger partial charge is 0.101 e. The van der Waals surface area contributed by atoms with E-state index in [1.54, 1.807) is 0 Å². The predicted molar refractivity (Wildman–Crippen MR) is 72.8 cm³/mol. The highest BCUT2D eigenvalue weighted by atomic mass is 79.9. The van der Waals surface area contributed by atoms with Crippen molar-refractivity contribution in [2.75, 3.05) is 23.4 Å². The molecule has 1 saturated heterocycles. The average Bonchev–Trinajstić information content (AvgIpc) is 2.80. The summed E-state index contributed by atoms with van der Waals surface area (Å²) in [7, 11) is 0. The fourth-order valence-corrected chi connectivity index (χ4v) is 3.41. The molecule has 16 heavy (non-hydrogen) atoms. The van der Waals surface area contributed by atoms with Crippen LogP contribution in [0.1, 0.15) is 12.0 Å². The van der Waals surface area contributed by atoms with E-state index >= 15 is 0 Å². The fraction of sp³-hybridized carbons (Fsp3) is 0.417. The Hall–Kier alpha value is -0.660. The topological polar surface area (TPSA) is 35.8 Å². The highest BCUT2D eigenvalue weighted by molar-refractivity contribution is 9.10. The van der Waals surface area contributed by atoms with Crippen LogP contribution in [0.25, 0.3) is 0 Å². The van der Waals surface area contributed by atoms with Crippen LogP contribution in [0.4, 0.5) is 5.69 Å². The zero-order valence-corrected chi connectivity index (χ0v) is 11.3. The lowest BCUT2D eigenvalue weighted by atomic mass is 10.1. The maximum absolute atomic E-state index is 9.02. The summed E-state index contributed by atoms with van der Waals surface area (Å²) in [6.45, 7) is 0.976. The van der Waals surface area contributed by atoms with Gasteiger partial charge in [0, 0.05) is 11.0 Å². The third-order valence-corrected chi connectivity index (χ3v) is 4.43. The Labute approximate surface area is 109 Å². The van der Waals surface area contributed by atoms with Crippen molar-refractivity contribution in [3.05, 3.63) is 28.2 Å². The van der Waals surface area contributed by atoms with Crippen molar-refractivity contribution in [3.63, 3.8) is 0 Å². The first-order valence-corrected chi connectivity index (χ1v) is 7.25. The lowest BCUT2D eigenvalue weighted by Gasteiger charge is -2.12. The number of hydrogen-bond donors (Lipinski definition) is 1. The summed E-state index contributed by atoms with van der Waals surface area (Å²) in [5, 5.41) is 12.4. The number of rotatable bonds is 3. The molecular formula is C12H13BrN2S. The van der Waals surface area contributed by atoms with E-state index in [-0.39, 0.29) is 0 Å². The van der Waals surface area contributed by atoms with Crippen LogP contribution in [0.5, 0.6) is 0 Å². The second-order valence-electron chi connectivity index (χ2n) is 3.91. The van der Waals surface area contributed by atoms with Gasteiger partial charge in [-0.05, 0) is 42.0 Å². The Morgan fingerprint density at radius 2 is 2.44 bits per heavy atom. The van der Waals surface area contributed by atoms with Crippen LogP contribution in [0, 0.1) is 17.2 Å². The summed E-state index contributed by atoms with van der Waals surface area (Å²) >= 11 is 5.39. The van der Waals surface area contributed by atoms with Gasteiger partial charge in [-0.2, -0.15) is 17.0 Å². The summed E-state index contributed by atoms with van der Waals surface area (Å²) in [6, 6.07) is 7.99. The van der Waals surface area contributed by atoms with Gasteiger partial charge in [-0.15, -0.1) is 0 Å². The van der Waals surface area contributed by atoms with Crippen molar-refractivity contribution in [1.29, 1.82) is 5.26 Å². The monoisotopic (exact) mass is 296 g/mol. The Bertz CT molecular complexity index is 408. The molecule has 1 fully saturated rings. The summed E-state index contributed by atoms with van der Waals surface area (Å²) in [6.07, 6.45) is 1.29. The second kappa shape index (κ2) is 5.60. The van der Waals surface area contributed by atoms with Crippen molar-refractivity contribution in [3.8, 4) is 6.07 Å². The van der Waals surface area contributed by atoms with Gasteiger partial charge in [-0.25, -0.2) is 0 Å². The summed E-state index contributed by atoms with van der Waals surface area (Å²) < 4.78 is 0.950. The summed E-state index contributed by atoms with van der Waals surface area (Å²) in [4.78, 5) is 0. The molecule has 1 aromatic carbocycles. The maximum Gasteiger partial charge on any atom is 0.101 e. The molecule has 2 rings (SSSR count). The molecule has 0 saturated carbocycles. The predicted octanol–water partition coefficient (Wildman–Crippen LogP) is 3.49. The summed E-state index contributed by atoms with van der Waals surface area (Å²) in [5.74, 6) is 3.27. The van der Waals surface area contributed by atoms with Crippen LogP contribution < -0.4 is 5.32 Å². The number of nitrogens with one attached hydrogen (secondary N) is 1. The Morgan fingerprint density at radius 3 is 3.12 bits per heavy atom. The minimum absolute atomic E-state index is 0.708. The molecule has 1 N–H and O–H groups in total. The van der Waals surface area contributed by atoms with Crippen LogP contribution in [-0.2, 0) is 0 Å². The molecule has 0 spiro atoms. The van der Waals surface area contributed by atoms with Crippen molar-refractivity contribution in [2.45, 2.75) is 6.42 Å². The molecule has 4 heteroatoms. The SMILES string of the molecule is N#Cc1cc(Br)ccc1NCC1CCSC1. The van der Waals surface area contributed by atoms with Crippen LogP contribution in [-0.4, -0.2) is 18.1 Å². The Morgan fingerprint density at radius 1 is 1.56 bits per heavy atom. The average molecular weight is 297 g/mol. The molecule has 1 heterocycles.